The van der Waals surface area contributed by atoms with Crippen LogP contribution >= 0.6 is 11.8 Å². The maximum Gasteiger partial charge on any atom is 0.313 e. The van der Waals surface area contributed by atoms with Crippen LogP contribution in [0.15, 0.2) is 5.16 Å². The van der Waals surface area contributed by atoms with Crippen LogP contribution in [0, 0.1) is 0 Å². The van der Waals surface area contributed by atoms with Crippen molar-refractivity contribution < 1.29 is 14.1 Å². The zero-order valence-electron chi connectivity index (χ0n) is 10.0. The first kappa shape index (κ1) is 13.5. The van der Waals surface area contributed by atoms with Crippen LogP contribution < -0.4 is 0 Å². The Hall–Kier alpha value is -0.890. The van der Waals surface area contributed by atoms with Crippen LogP contribution in [0.3, 0.4) is 0 Å². The van der Waals surface area contributed by atoms with Gasteiger partial charge in [-0.2, -0.15) is 0 Å². The topological polar surface area (TPSA) is 85.1 Å². The number of aromatic nitrogens is 3. The van der Waals surface area contributed by atoms with E-state index in [9.17, 15) is 9.00 Å². The number of hydrogen-bond donors (Lipinski definition) is 1. The third-order valence-electron chi connectivity index (χ3n) is 2.62. The summed E-state index contributed by atoms with van der Waals surface area (Å²) in [5.41, 5.74) is 0. The zero-order valence-corrected chi connectivity index (χ0v) is 11.7. The largest absolute Gasteiger partial charge is 0.481 e. The van der Waals surface area contributed by atoms with Gasteiger partial charge in [-0.25, -0.2) is 0 Å². The van der Waals surface area contributed by atoms with Crippen molar-refractivity contribution >= 4 is 28.5 Å². The lowest BCUT2D eigenvalue weighted by Gasteiger charge is -2.07. The molecule has 100 valence electrons. The molecular weight excluding hydrogens is 274 g/mol. The third kappa shape index (κ3) is 3.55. The Labute approximate surface area is 112 Å². The van der Waals surface area contributed by atoms with Crippen LogP contribution in [0.5, 0.6) is 0 Å². The van der Waals surface area contributed by atoms with Crippen LogP contribution in [-0.2, 0) is 22.1 Å². The summed E-state index contributed by atoms with van der Waals surface area (Å²) in [5.74, 6) is 0.994. The molecule has 0 amide bonds. The molecule has 0 radical (unpaired) electrons. The highest BCUT2D eigenvalue weighted by Gasteiger charge is 2.30. The monoisotopic (exact) mass is 289 g/mol. The fourth-order valence-corrected chi connectivity index (χ4v) is 2.74. The molecule has 1 aromatic heterocycles. The highest BCUT2D eigenvalue weighted by molar-refractivity contribution is 7.99. The Morgan fingerprint density at radius 1 is 1.56 bits per heavy atom. The van der Waals surface area contributed by atoms with Gasteiger partial charge >= 0.3 is 5.97 Å². The number of rotatable bonds is 7. The summed E-state index contributed by atoms with van der Waals surface area (Å²) in [5, 5.41) is 17.5. The Morgan fingerprint density at radius 2 is 2.28 bits per heavy atom. The number of thioether (sulfide) groups is 1. The summed E-state index contributed by atoms with van der Waals surface area (Å²) in [6, 6.07) is 0. The summed E-state index contributed by atoms with van der Waals surface area (Å²) in [6.45, 7) is 0.587. The number of aliphatic carboxylic acids is 1. The average Bonchev–Trinajstić information content (AvgIpc) is 3.05. The zero-order chi connectivity index (χ0) is 13.1. The maximum absolute atomic E-state index is 11.2. The predicted molar refractivity (Wildman–Crippen MR) is 69.3 cm³/mol. The Balaban J connectivity index is 2.11. The van der Waals surface area contributed by atoms with Crippen molar-refractivity contribution in [2.75, 3.05) is 17.8 Å². The number of nitrogens with zero attached hydrogens (tertiary/aromatic N) is 3. The van der Waals surface area contributed by atoms with Crippen LogP contribution in [0.2, 0.25) is 0 Å². The van der Waals surface area contributed by atoms with Crippen LogP contribution in [-0.4, -0.2) is 47.8 Å². The molecule has 1 N–H and O–H groups in total. The molecule has 0 aromatic carbocycles. The molecule has 6 nitrogen and oxygen atoms in total. The van der Waals surface area contributed by atoms with Gasteiger partial charge in [0.15, 0.2) is 5.16 Å². The minimum Gasteiger partial charge on any atom is -0.481 e. The van der Waals surface area contributed by atoms with Crippen molar-refractivity contribution in [3.63, 3.8) is 0 Å². The van der Waals surface area contributed by atoms with Gasteiger partial charge in [0, 0.05) is 35.3 Å². The first-order valence-electron chi connectivity index (χ1n) is 5.65. The van der Waals surface area contributed by atoms with Crippen LogP contribution in [0.1, 0.15) is 24.6 Å². The molecule has 1 aliphatic rings. The van der Waals surface area contributed by atoms with Crippen molar-refractivity contribution in [2.24, 2.45) is 0 Å². The van der Waals surface area contributed by atoms with E-state index < -0.39 is 16.8 Å². The van der Waals surface area contributed by atoms with Gasteiger partial charge in [0.25, 0.3) is 0 Å². The summed E-state index contributed by atoms with van der Waals surface area (Å²) in [6.07, 6.45) is 3.87. The van der Waals surface area contributed by atoms with E-state index in [4.69, 9.17) is 5.11 Å². The van der Waals surface area contributed by atoms with E-state index >= 15 is 0 Å². The number of hydrogen-bond acceptors (Lipinski definition) is 5. The molecule has 18 heavy (non-hydrogen) atoms. The molecular formula is C10H15N3O3S2. The molecule has 1 aromatic rings. The molecule has 0 aliphatic heterocycles. The van der Waals surface area contributed by atoms with Gasteiger partial charge in [-0.1, -0.05) is 11.8 Å². The van der Waals surface area contributed by atoms with Gasteiger partial charge < -0.3 is 9.67 Å². The molecule has 0 saturated heterocycles. The smallest absolute Gasteiger partial charge is 0.313 e. The van der Waals surface area contributed by atoms with Crippen molar-refractivity contribution in [1.82, 2.24) is 14.8 Å². The second-order valence-corrected chi connectivity index (χ2v) is 6.72. The van der Waals surface area contributed by atoms with E-state index in [1.807, 2.05) is 4.57 Å². The molecule has 1 heterocycles. The van der Waals surface area contributed by atoms with Crippen LogP contribution in [0.4, 0.5) is 0 Å². The molecule has 8 heteroatoms. The quantitative estimate of drug-likeness (QED) is 0.744. The first-order chi connectivity index (χ1) is 8.58. The molecule has 1 atom stereocenters. The van der Waals surface area contributed by atoms with Crippen LogP contribution in [0.25, 0.3) is 0 Å². The Kier molecular flexibility index (Phi) is 4.39. The van der Waals surface area contributed by atoms with Crippen molar-refractivity contribution in [1.29, 1.82) is 0 Å². The normalized spacial score (nSPS) is 16.7. The van der Waals surface area contributed by atoms with Gasteiger partial charge in [0.1, 0.15) is 5.82 Å². The fourth-order valence-electron chi connectivity index (χ4n) is 1.61. The van der Waals surface area contributed by atoms with E-state index in [-0.39, 0.29) is 5.75 Å². The highest BCUT2D eigenvalue weighted by atomic mass is 32.2. The Morgan fingerprint density at radius 3 is 2.83 bits per heavy atom. The molecule has 0 spiro atoms. The number of carboxylic acids is 1. The van der Waals surface area contributed by atoms with E-state index in [1.165, 1.54) is 0 Å². The van der Waals surface area contributed by atoms with E-state index in [2.05, 4.69) is 10.2 Å². The average molecular weight is 289 g/mol. The second-order valence-electron chi connectivity index (χ2n) is 4.23. The summed E-state index contributed by atoms with van der Waals surface area (Å²) in [4.78, 5) is 10.6. The standard InChI is InChI=1S/C10H15N3O3S2/c1-18(16)5-4-13-9(7-2-3-7)11-12-10(13)17-6-8(14)15/h7H,2-6H2,1H3,(H,14,15). The van der Waals surface area contributed by atoms with Gasteiger partial charge in [-0.15, -0.1) is 10.2 Å². The van der Waals surface area contributed by atoms with Gasteiger partial charge in [-0.05, 0) is 12.8 Å². The number of carbonyl (C=O) groups is 1. The van der Waals surface area contributed by atoms with Gasteiger partial charge in [0.2, 0.25) is 0 Å². The summed E-state index contributed by atoms with van der Waals surface area (Å²) in [7, 11) is -0.874. The molecule has 1 fully saturated rings. The summed E-state index contributed by atoms with van der Waals surface area (Å²) >= 11 is 1.16. The Bertz CT molecular complexity index is 471. The highest BCUT2D eigenvalue weighted by Crippen LogP contribution is 2.39. The van der Waals surface area contributed by atoms with E-state index in [0.29, 0.717) is 23.4 Å². The lowest BCUT2D eigenvalue weighted by atomic mass is 10.4. The first-order valence-corrected chi connectivity index (χ1v) is 8.37. The van der Waals surface area contributed by atoms with Gasteiger partial charge in [-0.3, -0.25) is 9.00 Å². The molecule has 1 aliphatic carbocycles. The maximum atomic E-state index is 11.2. The fraction of sp³-hybridized carbons (Fsp3) is 0.700. The molecule has 1 unspecified atom stereocenters. The lowest BCUT2D eigenvalue weighted by Crippen LogP contribution is -2.11. The molecule has 1 saturated carbocycles. The van der Waals surface area contributed by atoms with Crippen molar-refractivity contribution in [2.45, 2.75) is 30.5 Å². The minimum atomic E-state index is -0.874. The predicted octanol–water partition coefficient (Wildman–Crippen LogP) is 0.711. The van der Waals surface area contributed by atoms with E-state index in [0.717, 1.165) is 30.4 Å². The lowest BCUT2D eigenvalue weighted by molar-refractivity contribution is -0.133. The SMILES string of the molecule is CS(=O)CCn1c(SCC(=O)O)nnc1C1CC1. The van der Waals surface area contributed by atoms with E-state index in [1.54, 1.807) is 6.26 Å². The minimum absolute atomic E-state index is 0.0297. The van der Waals surface area contributed by atoms with Crippen molar-refractivity contribution in [3.8, 4) is 0 Å². The molecule has 2 rings (SSSR count). The molecule has 0 bridgehead atoms. The summed E-state index contributed by atoms with van der Waals surface area (Å²) < 4.78 is 13.1. The number of carboxylic acid groups (broad SMARTS) is 1. The second kappa shape index (κ2) is 5.83. The van der Waals surface area contributed by atoms with Crippen molar-refractivity contribution in [3.05, 3.63) is 5.82 Å². The third-order valence-corrected chi connectivity index (χ3v) is 4.32. The van der Waals surface area contributed by atoms with Gasteiger partial charge in [0.05, 0.1) is 5.75 Å².